The Labute approximate surface area is 115 Å². The number of nitrogens with one attached hydrogen (secondary N) is 2. The van der Waals surface area contributed by atoms with Crippen LogP contribution in [0.2, 0.25) is 0 Å². The second kappa shape index (κ2) is 8.02. The minimum Gasteiger partial charge on any atom is -0.481 e. The predicted molar refractivity (Wildman–Crippen MR) is 73.9 cm³/mol. The highest BCUT2D eigenvalue weighted by molar-refractivity contribution is 5.74. The Balaban J connectivity index is 2.14. The van der Waals surface area contributed by atoms with Crippen molar-refractivity contribution < 1.29 is 14.7 Å². The number of carboxylic acid groups (broad SMARTS) is 1. The molecule has 0 aromatic carbocycles. The van der Waals surface area contributed by atoms with Crippen LogP contribution in [0.15, 0.2) is 0 Å². The molecule has 0 bridgehead atoms. The van der Waals surface area contributed by atoms with E-state index in [2.05, 4.69) is 24.5 Å². The number of urea groups is 1. The third-order valence-corrected chi connectivity index (χ3v) is 3.74. The second-order valence-corrected chi connectivity index (χ2v) is 5.81. The van der Waals surface area contributed by atoms with Crippen LogP contribution >= 0.6 is 0 Å². The lowest BCUT2D eigenvalue weighted by Crippen LogP contribution is -2.40. The highest BCUT2D eigenvalue weighted by Crippen LogP contribution is 2.31. The molecule has 1 fully saturated rings. The van der Waals surface area contributed by atoms with Crippen molar-refractivity contribution in [2.45, 2.75) is 46.0 Å². The molecule has 2 amide bonds. The molecule has 1 saturated carbocycles. The topological polar surface area (TPSA) is 78.4 Å². The lowest BCUT2D eigenvalue weighted by Gasteiger charge is -2.16. The Bertz CT molecular complexity index is 305. The average molecular weight is 270 g/mol. The summed E-state index contributed by atoms with van der Waals surface area (Å²) in [7, 11) is 0. The second-order valence-electron chi connectivity index (χ2n) is 5.81. The number of carbonyl (C=O) groups excluding carboxylic acids is 1. The van der Waals surface area contributed by atoms with Crippen LogP contribution in [0.4, 0.5) is 4.79 Å². The molecule has 1 aliphatic rings. The van der Waals surface area contributed by atoms with E-state index in [0.29, 0.717) is 19.0 Å². The lowest BCUT2D eigenvalue weighted by atomic mass is 9.96. The minimum absolute atomic E-state index is 0.0823. The summed E-state index contributed by atoms with van der Waals surface area (Å²) in [5.74, 6) is -0.290. The van der Waals surface area contributed by atoms with Crippen molar-refractivity contribution in [2.75, 3.05) is 13.1 Å². The number of hydrogen-bond donors (Lipinski definition) is 3. The van der Waals surface area contributed by atoms with E-state index in [1.165, 1.54) is 0 Å². The standard InChI is InChI=1S/C14H26N2O3/c1-10(2)5-4-8-15-14(19)16-9-11-6-3-7-12(11)13(17)18/h10-12H,3-9H2,1-2H3,(H,17,18)(H2,15,16,19). The molecular formula is C14H26N2O3. The van der Waals surface area contributed by atoms with Gasteiger partial charge in [-0.15, -0.1) is 0 Å². The van der Waals surface area contributed by atoms with Crippen molar-refractivity contribution in [3.63, 3.8) is 0 Å². The highest BCUT2D eigenvalue weighted by Gasteiger charge is 2.32. The van der Waals surface area contributed by atoms with Gasteiger partial charge >= 0.3 is 12.0 Å². The van der Waals surface area contributed by atoms with Gasteiger partial charge in [0.15, 0.2) is 0 Å². The van der Waals surface area contributed by atoms with Crippen molar-refractivity contribution in [1.82, 2.24) is 10.6 Å². The molecule has 0 aromatic rings. The zero-order valence-corrected chi connectivity index (χ0v) is 11.9. The molecule has 0 spiro atoms. The molecule has 19 heavy (non-hydrogen) atoms. The summed E-state index contributed by atoms with van der Waals surface area (Å²) in [5.41, 5.74) is 0. The lowest BCUT2D eigenvalue weighted by molar-refractivity contribution is -0.142. The van der Waals surface area contributed by atoms with Crippen molar-refractivity contribution in [1.29, 1.82) is 0 Å². The summed E-state index contributed by atoms with van der Waals surface area (Å²) in [6, 6.07) is -0.181. The zero-order valence-electron chi connectivity index (χ0n) is 11.9. The summed E-state index contributed by atoms with van der Waals surface area (Å²) in [6.07, 6.45) is 4.65. The number of carboxylic acids is 1. The highest BCUT2D eigenvalue weighted by atomic mass is 16.4. The minimum atomic E-state index is -0.735. The number of aliphatic carboxylic acids is 1. The molecule has 0 radical (unpaired) electrons. The Morgan fingerprint density at radius 2 is 2.00 bits per heavy atom. The van der Waals surface area contributed by atoms with Gasteiger partial charge in [0.1, 0.15) is 0 Å². The van der Waals surface area contributed by atoms with Gasteiger partial charge in [0, 0.05) is 13.1 Å². The summed E-state index contributed by atoms with van der Waals surface area (Å²) in [4.78, 5) is 22.6. The van der Waals surface area contributed by atoms with E-state index in [4.69, 9.17) is 5.11 Å². The largest absolute Gasteiger partial charge is 0.481 e. The first kappa shape index (κ1) is 15.8. The Hall–Kier alpha value is -1.26. The predicted octanol–water partition coefficient (Wildman–Crippen LogP) is 2.22. The fraction of sp³-hybridized carbons (Fsp3) is 0.857. The summed E-state index contributed by atoms with van der Waals surface area (Å²) >= 11 is 0. The van der Waals surface area contributed by atoms with E-state index in [1.807, 2.05) is 0 Å². The Kier molecular flexibility index (Phi) is 6.67. The van der Waals surface area contributed by atoms with Crippen LogP contribution in [-0.2, 0) is 4.79 Å². The molecule has 0 heterocycles. The van der Waals surface area contributed by atoms with E-state index in [1.54, 1.807) is 0 Å². The fourth-order valence-electron chi connectivity index (χ4n) is 2.60. The molecule has 110 valence electrons. The van der Waals surface area contributed by atoms with E-state index in [0.717, 1.165) is 32.1 Å². The van der Waals surface area contributed by atoms with Gasteiger partial charge < -0.3 is 15.7 Å². The van der Waals surface area contributed by atoms with Crippen molar-refractivity contribution >= 4 is 12.0 Å². The first-order chi connectivity index (χ1) is 9.00. The normalized spacial score (nSPS) is 22.5. The van der Waals surface area contributed by atoms with E-state index < -0.39 is 5.97 Å². The van der Waals surface area contributed by atoms with Gasteiger partial charge in [0.2, 0.25) is 0 Å². The molecule has 5 heteroatoms. The van der Waals surface area contributed by atoms with Gasteiger partial charge in [-0.2, -0.15) is 0 Å². The molecule has 2 atom stereocenters. The van der Waals surface area contributed by atoms with Gasteiger partial charge in [-0.3, -0.25) is 4.79 Å². The number of amides is 2. The quantitative estimate of drug-likeness (QED) is 0.621. The molecular weight excluding hydrogens is 244 g/mol. The first-order valence-electron chi connectivity index (χ1n) is 7.25. The maximum Gasteiger partial charge on any atom is 0.314 e. The number of carbonyl (C=O) groups is 2. The van der Waals surface area contributed by atoms with Crippen LogP contribution in [0.1, 0.15) is 46.0 Å². The van der Waals surface area contributed by atoms with E-state index in [9.17, 15) is 9.59 Å². The van der Waals surface area contributed by atoms with Gasteiger partial charge in [0.05, 0.1) is 5.92 Å². The Morgan fingerprint density at radius 1 is 1.26 bits per heavy atom. The Morgan fingerprint density at radius 3 is 2.63 bits per heavy atom. The van der Waals surface area contributed by atoms with Crippen LogP contribution in [0.25, 0.3) is 0 Å². The third-order valence-electron chi connectivity index (χ3n) is 3.74. The maximum atomic E-state index is 11.6. The van der Waals surface area contributed by atoms with Gasteiger partial charge in [0.25, 0.3) is 0 Å². The van der Waals surface area contributed by atoms with Crippen molar-refractivity contribution in [3.8, 4) is 0 Å². The van der Waals surface area contributed by atoms with Crippen LogP contribution in [0.3, 0.4) is 0 Å². The molecule has 1 aliphatic carbocycles. The van der Waals surface area contributed by atoms with Crippen LogP contribution in [-0.4, -0.2) is 30.2 Å². The SMILES string of the molecule is CC(C)CCCNC(=O)NCC1CCCC1C(=O)O. The van der Waals surface area contributed by atoms with Crippen LogP contribution < -0.4 is 10.6 Å². The van der Waals surface area contributed by atoms with E-state index >= 15 is 0 Å². The summed E-state index contributed by atoms with van der Waals surface area (Å²) in [6.45, 7) is 5.46. The van der Waals surface area contributed by atoms with Crippen LogP contribution in [0, 0.1) is 17.8 Å². The van der Waals surface area contributed by atoms with Gasteiger partial charge in [-0.25, -0.2) is 4.79 Å². The first-order valence-corrected chi connectivity index (χ1v) is 7.25. The van der Waals surface area contributed by atoms with Gasteiger partial charge in [-0.05, 0) is 37.5 Å². The number of hydrogen-bond acceptors (Lipinski definition) is 2. The zero-order chi connectivity index (χ0) is 14.3. The molecule has 1 rings (SSSR count). The molecule has 5 nitrogen and oxygen atoms in total. The average Bonchev–Trinajstić information content (AvgIpc) is 2.80. The molecule has 2 unspecified atom stereocenters. The summed E-state index contributed by atoms with van der Waals surface area (Å²) in [5, 5.41) is 14.6. The van der Waals surface area contributed by atoms with Crippen molar-refractivity contribution in [2.24, 2.45) is 17.8 Å². The summed E-state index contributed by atoms with van der Waals surface area (Å²) < 4.78 is 0. The molecule has 3 N–H and O–H groups in total. The third kappa shape index (κ3) is 5.94. The molecule has 0 saturated heterocycles. The van der Waals surface area contributed by atoms with Crippen molar-refractivity contribution in [3.05, 3.63) is 0 Å². The molecule has 0 aromatic heterocycles. The van der Waals surface area contributed by atoms with Crippen LogP contribution in [0.5, 0.6) is 0 Å². The number of rotatable bonds is 7. The molecule has 0 aliphatic heterocycles. The fourth-order valence-corrected chi connectivity index (χ4v) is 2.60. The van der Waals surface area contributed by atoms with E-state index in [-0.39, 0.29) is 17.9 Å². The monoisotopic (exact) mass is 270 g/mol. The van der Waals surface area contributed by atoms with Gasteiger partial charge in [-0.1, -0.05) is 20.3 Å². The smallest absolute Gasteiger partial charge is 0.314 e. The maximum absolute atomic E-state index is 11.6.